The van der Waals surface area contributed by atoms with Crippen molar-refractivity contribution in [2.45, 2.75) is 12.3 Å². The molecule has 1 aliphatic rings. The lowest BCUT2D eigenvalue weighted by atomic mass is 10.2. The SMILES string of the molecule is CCSC1=C(C#N)C(=O)NC(c2ccc(O)cc2)S1. The van der Waals surface area contributed by atoms with Crippen LogP contribution in [0, 0.1) is 11.3 Å². The topological polar surface area (TPSA) is 73.1 Å². The molecule has 1 atom stereocenters. The second-order valence-electron chi connectivity index (χ2n) is 3.77. The summed E-state index contributed by atoms with van der Waals surface area (Å²) < 4.78 is 0.756. The van der Waals surface area contributed by atoms with Gasteiger partial charge < -0.3 is 10.4 Å². The lowest BCUT2D eigenvalue weighted by molar-refractivity contribution is -0.117. The molecule has 0 fully saturated rings. The zero-order chi connectivity index (χ0) is 13.8. The molecule has 0 aromatic heterocycles. The molecule has 4 nitrogen and oxygen atoms in total. The molecular formula is C13H12N2O2S2. The summed E-state index contributed by atoms with van der Waals surface area (Å²) in [5, 5.41) is 20.9. The highest BCUT2D eigenvalue weighted by Gasteiger charge is 2.28. The summed E-state index contributed by atoms with van der Waals surface area (Å²) in [6.07, 6.45) is 0. The summed E-state index contributed by atoms with van der Waals surface area (Å²) in [5.41, 5.74) is 1.08. The zero-order valence-electron chi connectivity index (χ0n) is 10.2. The van der Waals surface area contributed by atoms with Crippen LogP contribution < -0.4 is 5.32 Å². The van der Waals surface area contributed by atoms with E-state index in [2.05, 4.69) is 5.32 Å². The van der Waals surface area contributed by atoms with Crippen LogP contribution >= 0.6 is 23.5 Å². The van der Waals surface area contributed by atoms with Crippen molar-refractivity contribution in [1.29, 1.82) is 5.26 Å². The van der Waals surface area contributed by atoms with Crippen molar-refractivity contribution in [1.82, 2.24) is 5.32 Å². The smallest absolute Gasteiger partial charge is 0.264 e. The largest absolute Gasteiger partial charge is 0.508 e. The number of phenolic OH excluding ortho intramolecular Hbond substituents is 1. The Labute approximate surface area is 119 Å². The fraction of sp³-hybridized carbons (Fsp3) is 0.231. The van der Waals surface area contributed by atoms with Crippen LogP contribution in [0.1, 0.15) is 17.9 Å². The lowest BCUT2D eigenvalue weighted by Crippen LogP contribution is -2.31. The normalized spacial score (nSPS) is 18.9. The number of amides is 1. The van der Waals surface area contributed by atoms with Gasteiger partial charge in [0.25, 0.3) is 5.91 Å². The quantitative estimate of drug-likeness (QED) is 0.896. The van der Waals surface area contributed by atoms with Gasteiger partial charge in [-0.1, -0.05) is 30.8 Å². The van der Waals surface area contributed by atoms with Gasteiger partial charge in [-0.3, -0.25) is 4.79 Å². The zero-order valence-corrected chi connectivity index (χ0v) is 11.8. The van der Waals surface area contributed by atoms with E-state index in [4.69, 9.17) is 5.26 Å². The summed E-state index contributed by atoms with van der Waals surface area (Å²) >= 11 is 2.96. The maximum atomic E-state index is 11.9. The number of nitrogens with one attached hydrogen (secondary N) is 1. The van der Waals surface area contributed by atoms with Gasteiger partial charge in [-0.25, -0.2) is 0 Å². The standard InChI is InChI=1S/C13H12N2O2S2/c1-2-18-13-10(7-14)11(17)15-12(19-13)8-3-5-9(16)6-4-8/h3-6,12,16H,2H2,1H3,(H,15,17). The Hall–Kier alpha value is -1.58. The highest BCUT2D eigenvalue weighted by molar-refractivity contribution is 8.22. The first-order chi connectivity index (χ1) is 9.15. The Morgan fingerprint density at radius 3 is 2.74 bits per heavy atom. The number of rotatable bonds is 3. The molecule has 2 rings (SSSR count). The Morgan fingerprint density at radius 1 is 1.47 bits per heavy atom. The molecule has 0 aliphatic carbocycles. The van der Waals surface area contributed by atoms with Crippen LogP contribution in [-0.2, 0) is 4.79 Å². The maximum absolute atomic E-state index is 11.9. The van der Waals surface area contributed by atoms with Gasteiger partial charge in [0, 0.05) is 0 Å². The van der Waals surface area contributed by atoms with Crippen molar-refractivity contribution in [3.05, 3.63) is 39.6 Å². The van der Waals surface area contributed by atoms with E-state index in [1.54, 1.807) is 24.3 Å². The molecule has 1 aromatic rings. The fourth-order valence-corrected chi connectivity index (χ4v) is 4.00. The van der Waals surface area contributed by atoms with Gasteiger partial charge in [-0.15, -0.1) is 11.8 Å². The molecule has 1 amide bonds. The van der Waals surface area contributed by atoms with Gasteiger partial charge in [-0.2, -0.15) is 5.26 Å². The highest BCUT2D eigenvalue weighted by atomic mass is 32.2. The Kier molecular flexibility index (Phi) is 4.40. The molecule has 0 spiro atoms. The lowest BCUT2D eigenvalue weighted by Gasteiger charge is -2.24. The Balaban J connectivity index is 2.28. The van der Waals surface area contributed by atoms with E-state index in [1.807, 2.05) is 13.0 Å². The molecule has 19 heavy (non-hydrogen) atoms. The minimum absolute atomic E-state index is 0.187. The van der Waals surface area contributed by atoms with Crippen molar-refractivity contribution in [3.63, 3.8) is 0 Å². The fourth-order valence-electron chi connectivity index (χ4n) is 1.61. The Bertz CT molecular complexity index is 561. The first kappa shape index (κ1) is 13.8. The minimum atomic E-state index is -0.338. The van der Waals surface area contributed by atoms with E-state index >= 15 is 0 Å². The number of nitrogens with zero attached hydrogens (tertiary/aromatic N) is 1. The number of carbonyl (C=O) groups is 1. The van der Waals surface area contributed by atoms with Gasteiger partial charge in [-0.05, 0) is 23.4 Å². The molecule has 0 bridgehead atoms. The van der Waals surface area contributed by atoms with Crippen LogP contribution in [0.25, 0.3) is 0 Å². The third-order valence-corrected chi connectivity index (χ3v) is 4.94. The van der Waals surface area contributed by atoms with Gasteiger partial charge in [0.15, 0.2) is 0 Å². The molecule has 1 unspecified atom stereocenters. The van der Waals surface area contributed by atoms with Crippen molar-refractivity contribution in [2.24, 2.45) is 0 Å². The van der Waals surface area contributed by atoms with Gasteiger partial charge in [0.1, 0.15) is 22.8 Å². The number of carbonyl (C=O) groups excluding carboxylic acids is 1. The summed E-state index contributed by atoms with van der Waals surface area (Å²) in [6, 6.07) is 8.64. The average molecular weight is 292 g/mol. The van der Waals surface area contributed by atoms with Crippen LogP contribution in [0.15, 0.2) is 34.1 Å². The number of benzene rings is 1. The molecule has 2 N–H and O–H groups in total. The van der Waals surface area contributed by atoms with Crippen molar-refractivity contribution >= 4 is 29.4 Å². The summed E-state index contributed by atoms with van der Waals surface area (Å²) in [4.78, 5) is 11.9. The van der Waals surface area contributed by atoms with E-state index in [-0.39, 0.29) is 22.6 Å². The molecule has 0 saturated heterocycles. The van der Waals surface area contributed by atoms with Gasteiger partial charge in [0.05, 0.1) is 4.24 Å². The molecule has 6 heteroatoms. The maximum Gasteiger partial charge on any atom is 0.264 e. The first-order valence-electron chi connectivity index (χ1n) is 5.69. The van der Waals surface area contributed by atoms with E-state index < -0.39 is 0 Å². The molecule has 1 aromatic carbocycles. The monoisotopic (exact) mass is 292 g/mol. The summed E-state index contributed by atoms with van der Waals surface area (Å²) in [7, 11) is 0. The number of nitriles is 1. The van der Waals surface area contributed by atoms with Crippen LogP contribution in [0.2, 0.25) is 0 Å². The Morgan fingerprint density at radius 2 is 2.16 bits per heavy atom. The predicted molar refractivity (Wildman–Crippen MR) is 77.4 cm³/mol. The third kappa shape index (κ3) is 3.06. The van der Waals surface area contributed by atoms with Crippen LogP contribution in [0.4, 0.5) is 0 Å². The summed E-state index contributed by atoms with van der Waals surface area (Å²) in [5.74, 6) is 0.658. The van der Waals surface area contributed by atoms with E-state index in [0.717, 1.165) is 15.6 Å². The molecule has 0 saturated carbocycles. The van der Waals surface area contributed by atoms with Crippen LogP contribution in [0.5, 0.6) is 5.75 Å². The molecule has 98 valence electrons. The summed E-state index contributed by atoms with van der Waals surface area (Å²) in [6.45, 7) is 1.98. The molecule has 1 aliphatic heterocycles. The average Bonchev–Trinajstić information content (AvgIpc) is 2.39. The minimum Gasteiger partial charge on any atom is -0.508 e. The molecule has 1 heterocycles. The number of phenols is 1. The molecule has 0 radical (unpaired) electrons. The number of thioether (sulfide) groups is 2. The van der Waals surface area contributed by atoms with E-state index in [9.17, 15) is 9.90 Å². The number of aromatic hydroxyl groups is 1. The number of hydrogen-bond acceptors (Lipinski definition) is 5. The van der Waals surface area contributed by atoms with E-state index in [1.165, 1.54) is 23.5 Å². The van der Waals surface area contributed by atoms with Gasteiger partial charge >= 0.3 is 0 Å². The third-order valence-electron chi connectivity index (χ3n) is 2.50. The van der Waals surface area contributed by atoms with Crippen molar-refractivity contribution in [3.8, 4) is 11.8 Å². The van der Waals surface area contributed by atoms with Crippen molar-refractivity contribution < 1.29 is 9.90 Å². The number of hydrogen-bond donors (Lipinski definition) is 2. The van der Waals surface area contributed by atoms with Crippen LogP contribution in [0.3, 0.4) is 0 Å². The first-order valence-corrected chi connectivity index (χ1v) is 7.56. The van der Waals surface area contributed by atoms with Crippen molar-refractivity contribution in [2.75, 3.05) is 5.75 Å². The van der Waals surface area contributed by atoms with Gasteiger partial charge in [0.2, 0.25) is 0 Å². The second kappa shape index (κ2) is 6.04. The predicted octanol–water partition coefficient (Wildman–Crippen LogP) is 2.74. The van der Waals surface area contributed by atoms with Crippen LogP contribution in [-0.4, -0.2) is 16.8 Å². The second-order valence-corrected chi connectivity index (χ2v) is 6.42. The highest BCUT2D eigenvalue weighted by Crippen LogP contribution is 2.43. The van der Waals surface area contributed by atoms with E-state index in [0.29, 0.717) is 0 Å². The molecular weight excluding hydrogens is 280 g/mol.